The zero-order valence-corrected chi connectivity index (χ0v) is 10.4. The summed E-state index contributed by atoms with van der Waals surface area (Å²) < 4.78 is 5.55. The molecule has 16 heavy (non-hydrogen) atoms. The summed E-state index contributed by atoms with van der Waals surface area (Å²) in [5.41, 5.74) is 1.19. The van der Waals surface area contributed by atoms with Crippen molar-refractivity contribution in [3.05, 3.63) is 41.4 Å². The zero-order chi connectivity index (χ0) is 11.8. The maximum atomic E-state index is 5.66. The van der Waals surface area contributed by atoms with Gasteiger partial charge in [-0.3, -0.25) is 0 Å². The molecule has 1 N–H and O–H groups in total. The monoisotopic (exact) mass is 239 g/mol. The van der Waals surface area contributed by atoms with Crippen LogP contribution in [0.15, 0.2) is 35.9 Å². The molecule has 0 saturated heterocycles. The lowest BCUT2D eigenvalue weighted by Crippen LogP contribution is -2.14. The lowest BCUT2D eigenvalue weighted by atomic mass is 10.2. The second kappa shape index (κ2) is 7.31. The Morgan fingerprint density at radius 1 is 1.50 bits per heavy atom. The van der Waals surface area contributed by atoms with E-state index in [-0.39, 0.29) is 0 Å². The van der Waals surface area contributed by atoms with Gasteiger partial charge in [-0.1, -0.05) is 37.2 Å². The summed E-state index contributed by atoms with van der Waals surface area (Å²) in [6, 6.07) is 8.07. The van der Waals surface area contributed by atoms with Gasteiger partial charge in [-0.2, -0.15) is 0 Å². The molecule has 3 heteroatoms. The maximum absolute atomic E-state index is 5.66. The predicted octanol–water partition coefficient (Wildman–Crippen LogP) is 3.32. The Balaban J connectivity index is 2.43. The first-order chi connectivity index (χ1) is 7.72. The zero-order valence-electron chi connectivity index (χ0n) is 9.63. The summed E-state index contributed by atoms with van der Waals surface area (Å²) >= 11 is 5.66. The largest absolute Gasteiger partial charge is 0.494 e. The van der Waals surface area contributed by atoms with Gasteiger partial charge in [-0.05, 0) is 24.1 Å². The third kappa shape index (κ3) is 5.19. The molecule has 0 spiro atoms. The molecular formula is C13H18ClNO. The van der Waals surface area contributed by atoms with Crippen LogP contribution >= 0.6 is 11.6 Å². The summed E-state index contributed by atoms with van der Waals surface area (Å²) in [5, 5.41) is 3.82. The number of hydrogen-bond donors (Lipinski definition) is 1. The number of benzene rings is 1. The highest BCUT2D eigenvalue weighted by atomic mass is 35.5. The van der Waals surface area contributed by atoms with Crippen LogP contribution in [0.4, 0.5) is 0 Å². The minimum absolute atomic E-state index is 0.624. The second-order valence-corrected chi connectivity index (χ2v) is 4.15. The van der Waals surface area contributed by atoms with Crippen LogP contribution in [-0.4, -0.2) is 13.2 Å². The molecule has 0 unspecified atom stereocenters. The van der Waals surface area contributed by atoms with Crippen molar-refractivity contribution in [1.82, 2.24) is 5.32 Å². The first-order valence-electron chi connectivity index (χ1n) is 5.48. The smallest absolute Gasteiger partial charge is 0.119 e. The van der Waals surface area contributed by atoms with E-state index in [1.165, 1.54) is 5.56 Å². The average molecular weight is 240 g/mol. The quantitative estimate of drug-likeness (QED) is 0.788. The van der Waals surface area contributed by atoms with Crippen molar-refractivity contribution in [2.24, 2.45) is 0 Å². The second-order valence-electron chi connectivity index (χ2n) is 3.62. The molecule has 0 radical (unpaired) electrons. The number of rotatable bonds is 7. The summed E-state index contributed by atoms with van der Waals surface area (Å²) in [5.74, 6) is 0.922. The van der Waals surface area contributed by atoms with Gasteiger partial charge in [0, 0.05) is 18.1 Å². The van der Waals surface area contributed by atoms with E-state index in [4.69, 9.17) is 16.3 Å². The molecule has 0 aliphatic heterocycles. The number of halogens is 1. The van der Waals surface area contributed by atoms with Crippen LogP contribution < -0.4 is 10.1 Å². The molecular weight excluding hydrogens is 222 g/mol. The van der Waals surface area contributed by atoms with Crippen molar-refractivity contribution in [3.63, 3.8) is 0 Å². The van der Waals surface area contributed by atoms with Gasteiger partial charge in [0.05, 0.1) is 6.61 Å². The molecule has 1 aromatic rings. The van der Waals surface area contributed by atoms with Gasteiger partial charge in [0.1, 0.15) is 5.75 Å². The summed E-state index contributed by atoms with van der Waals surface area (Å²) in [6.07, 6.45) is 1.02. The number of hydrogen-bond acceptors (Lipinski definition) is 2. The van der Waals surface area contributed by atoms with E-state index >= 15 is 0 Å². The van der Waals surface area contributed by atoms with E-state index in [1.807, 2.05) is 18.2 Å². The van der Waals surface area contributed by atoms with Crippen LogP contribution in [0.25, 0.3) is 0 Å². The topological polar surface area (TPSA) is 21.3 Å². The fourth-order valence-corrected chi connectivity index (χ4v) is 1.40. The molecule has 0 aliphatic rings. The highest BCUT2D eigenvalue weighted by molar-refractivity contribution is 6.29. The number of nitrogens with one attached hydrogen (secondary N) is 1. The Labute approximate surface area is 102 Å². The third-order valence-electron chi connectivity index (χ3n) is 2.02. The lowest BCUT2D eigenvalue weighted by molar-refractivity contribution is 0.317. The van der Waals surface area contributed by atoms with Crippen LogP contribution in [0.3, 0.4) is 0 Å². The van der Waals surface area contributed by atoms with E-state index in [0.29, 0.717) is 11.6 Å². The molecule has 0 fully saturated rings. The van der Waals surface area contributed by atoms with Gasteiger partial charge in [0.2, 0.25) is 0 Å². The maximum Gasteiger partial charge on any atom is 0.119 e. The van der Waals surface area contributed by atoms with Gasteiger partial charge >= 0.3 is 0 Å². The first kappa shape index (κ1) is 13.1. The van der Waals surface area contributed by atoms with E-state index in [1.54, 1.807) is 0 Å². The summed E-state index contributed by atoms with van der Waals surface area (Å²) in [6.45, 7) is 7.88. The van der Waals surface area contributed by atoms with E-state index in [2.05, 4.69) is 24.9 Å². The molecule has 1 aromatic carbocycles. The van der Waals surface area contributed by atoms with Crippen LogP contribution in [0.1, 0.15) is 18.9 Å². The van der Waals surface area contributed by atoms with Crippen LogP contribution in [0.2, 0.25) is 0 Å². The molecule has 0 aliphatic carbocycles. The summed E-state index contributed by atoms with van der Waals surface area (Å²) in [4.78, 5) is 0. The van der Waals surface area contributed by atoms with Crippen molar-refractivity contribution in [1.29, 1.82) is 0 Å². The molecule has 0 bridgehead atoms. The van der Waals surface area contributed by atoms with Gasteiger partial charge in [0.15, 0.2) is 0 Å². The Morgan fingerprint density at radius 3 is 3.00 bits per heavy atom. The van der Waals surface area contributed by atoms with E-state index in [0.717, 1.165) is 25.3 Å². The van der Waals surface area contributed by atoms with Gasteiger partial charge in [-0.15, -0.1) is 0 Å². The average Bonchev–Trinajstić information content (AvgIpc) is 2.26. The molecule has 1 rings (SSSR count). The highest BCUT2D eigenvalue weighted by Gasteiger charge is 1.96. The molecule has 0 aromatic heterocycles. The van der Waals surface area contributed by atoms with Crippen molar-refractivity contribution in [3.8, 4) is 5.75 Å². The Hall–Kier alpha value is -0.990. The van der Waals surface area contributed by atoms with Crippen molar-refractivity contribution < 1.29 is 4.74 Å². The van der Waals surface area contributed by atoms with Crippen LogP contribution in [-0.2, 0) is 6.54 Å². The highest BCUT2D eigenvalue weighted by Crippen LogP contribution is 2.13. The Morgan fingerprint density at radius 2 is 2.31 bits per heavy atom. The Bertz CT molecular complexity index is 338. The van der Waals surface area contributed by atoms with E-state index < -0.39 is 0 Å². The van der Waals surface area contributed by atoms with Crippen LogP contribution in [0.5, 0.6) is 5.75 Å². The van der Waals surface area contributed by atoms with Crippen molar-refractivity contribution in [2.75, 3.05) is 13.2 Å². The van der Waals surface area contributed by atoms with Gasteiger partial charge in [-0.25, -0.2) is 0 Å². The van der Waals surface area contributed by atoms with Gasteiger partial charge in [0.25, 0.3) is 0 Å². The third-order valence-corrected chi connectivity index (χ3v) is 2.15. The first-order valence-corrected chi connectivity index (χ1v) is 5.86. The fourth-order valence-electron chi connectivity index (χ4n) is 1.31. The minimum atomic E-state index is 0.624. The Kier molecular flexibility index (Phi) is 5.98. The molecule has 2 nitrogen and oxygen atoms in total. The van der Waals surface area contributed by atoms with E-state index in [9.17, 15) is 0 Å². The normalized spacial score (nSPS) is 10.1. The molecule has 0 heterocycles. The van der Waals surface area contributed by atoms with Crippen molar-refractivity contribution in [2.45, 2.75) is 19.9 Å². The molecule has 0 atom stereocenters. The molecule has 88 valence electrons. The predicted molar refractivity (Wildman–Crippen MR) is 68.9 cm³/mol. The molecule has 0 saturated carbocycles. The van der Waals surface area contributed by atoms with Crippen molar-refractivity contribution >= 4 is 11.6 Å². The number of ether oxygens (including phenoxy) is 1. The minimum Gasteiger partial charge on any atom is -0.494 e. The lowest BCUT2D eigenvalue weighted by Gasteiger charge is -2.07. The van der Waals surface area contributed by atoms with Gasteiger partial charge < -0.3 is 10.1 Å². The summed E-state index contributed by atoms with van der Waals surface area (Å²) in [7, 11) is 0. The SMILES string of the molecule is C=C(Cl)CNCc1cccc(OCCC)c1. The fraction of sp³-hybridized carbons (Fsp3) is 0.385. The molecule has 0 amide bonds. The van der Waals surface area contributed by atoms with Crippen LogP contribution in [0, 0.1) is 0 Å². The standard InChI is InChI=1S/C13H18ClNO/c1-3-7-16-13-6-4-5-12(8-13)10-15-9-11(2)14/h4-6,8,15H,2-3,7,9-10H2,1H3.